The van der Waals surface area contributed by atoms with E-state index in [2.05, 4.69) is 5.32 Å². The van der Waals surface area contributed by atoms with Gasteiger partial charge in [-0.3, -0.25) is 19.3 Å². The van der Waals surface area contributed by atoms with Crippen molar-refractivity contribution in [2.45, 2.75) is 45.1 Å². The molecule has 0 bridgehead atoms. The average molecular weight is 343 g/mol. The molecule has 1 aromatic rings. The minimum atomic E-state index is -0.922. The van der Waals surface area contributed by atoms with Gasteiger partial charge >= 0.3 is 17.8 Å². The summed E-state index contributed by atoms with van der Waals surface area (Å²) in [7, 11) is 0. The number of hydrogen-bond donors (Lipinski definition) is 1. The molecule has 1 heterocycles. The molecule has 7 nitrogen and oxygen atoms in total. The van der Waals surface area contributed by atoms with E-state index in [4.69, 9.17) is 0 Å². The molecule has 5 amide bonds. The van der Waals surface area contributed by atoms with Crippen LogP contribution in [0.4, 0.5) is 10.5 Å². The van der Waals surface area contributed by atoms with Crippen molar-refractivity contribution in [2.24, 2.45) is 0 Å². The van der Waals surface area contributed by atoms with Gasteiger partial charge in [0.2, 0.25) is 5.91 Å². The Morgan fingerprint density at radius 3 is 2.56 bits per heavy atom. The van der Waals surface area contributed by atoms with E-state index in [1.807, 2.05) is 25.1 Å². The van der Waals surface area contributed by atoms with Crippen LogP contribution in [-0.4, -0.2) is 46.1 Å². The highest BCUT2D eigenvalue weighted by molar-refractivity contribution is 6.45. The third kappa shape index (κ3) is 3.40. The first-order valence-corrected chi connectivity index (χ1v) is 8.59. The number of nitrogens with one attached hydrogen (secondary N) is 1. The van der Waals surface area contributed by atoms with Crippen LogP contribution in [0, 0.1) is 0 Å². The zero-order valence-electron chi connectivity index (χ0n) is 14.2. The Morgan fingerprint density at radius 2 is 1.88 bits per heavy atom. The maximum Gasteiger partial charge on any atom is 0.334 e. The SMILES string of the molecule is CCc1cccc(NC(=O)CN2C(=O)C(=O)N(C3CCCC3)C2=O)c1. The number of rotatable bonds is 5. The number of imide groups is 2. The average Bonchev–Trinajstić information content (AvgIpc) is 3.19. The number of benzene rings is 1. The van der Waals surface area contributed by atoms with Crippen LogP contribution in [0.15, 0.2) is 24.3 Å². The standard InChI is InChI=1S/C18H21N3O4/c1-2-12-6-5-7-13(10-12)19-15(22)11-20-16(23)17(24)21(18(20)25)14-8-3-4-9-14/h5-7,10,14H,2-4,8-9,11H2,1H3,(H,19,22). The van der Waals surface area contributed by atoms with Crippen molar-refractivity contribution in [3.05, 3.63) is 29.8 Å². The predicted octanol–water partition coefficient (Wildman–Crippen LogP) is 1.92. The second-order valence-electron chi connectivity index (χ2n) is 6.39. The summed E-state index contributed by atoms with van der Waals surface area (Å²) >= 11 is 0. The highest BCUT2D eigenvalue weighted by Gasteiger charge is 2.48. The first-order valence-electron chi connectivity index (χ1n) is 8.59. The van der Waals surface area contributed by atoms with Gasteiger partial charge in [0.05, 0.1) is 0 Å². The van der Waals surface area contributed by atoms with Crippen molar-refractivity contribution in [3.63, 3.8) is 0 Å². The van der Waals surface area contributed by atoms with Gasteiger partial charge in [0.25, 0.3) is 0 Å². The lowest BCUT2D eigenvalue weighted by Gasteiger charge is -2.20. The van der Waals surface area contributed by atoms with Gasteiger partial charge in [0.1, 0.15) is 6.54 Å². The maximum absolute atomic E-state index is 12.4. The molecule has 0 unspecified atom stereocenters. The Balaban J connectivity index is 1.67. The number of carbonyl (C=O) groups excluding carboxylic acids is 4. The van der Waals surface area contributed by atoms with E-state index in [-0.39, 0.29) is 6.04 Å². The summed E-state index contributed by atoms with van der Waals surface area (Å²) in [6, 6.07) is 6.44. The van der Waals surface area contributed by atoms with E-state index >= 15 is 0 Å². The molecule has 25 heavy (non-hydrogen) atoms. The lowest BCUT2D eigenvalue weighted by molar-refractivity contribution is -0.144. The number of carbonyl (C=O) groups is 4. The molecule has 132 valence electrons. The molecule has 1 N–H and O–H groups in total. The first-order chi connectivity index (χ1) is 12.0. The third-order valence-electron chi connectivity index (χ3n) is 4.69. The maximum atomic E-state index is 12.4. The van der Waals surface area contributed by atoms with Crippen molar-refractivity contribution in [2.75, 3.05) is 11.9 Å². The van der Waals surface area contributed by atoms with Crippen LogP contribution < -0.4 is 5.32 Å². The molecule has 3 rings (SSSR count). The van der Waals surface area contributed by atoms with Gasteiger partial charge in [-0.25, -0.2) is 9.69 Å². The molecule has 0 spiro atoms. The number of aryl methyl sites for hydroxylation is 1. The zero-order chi connectivity index (χ0) is 18.0. The van der Waals surface area contributed by atoms with Crippen LogP contribution >= 0.6 is 0 Å². The fourth-order valence-electron chi connectivity index (χ4n) is 3.36. The Morgan fingerprint density at radius 1 is 1.16 bits per heavy atom. The normalized spacial score (nSPS) is 18.4. The summed E-state index contributed by atoms with van der Waals surface area (Å²) in [6.45, 7) is 1.55. The number of urea groups is 1. The molecule has 0 radical (unpaired) electrons. The van der Waals surface area contributed by atoms with Gasteiger partial charge in [-0.1, -0.05) is 31.9 Å². The molecule has 2 fully saturated rings. The Hall–Kier alpha value is -2.70. The van der Waals surface area contributed by atoms with Crippen LogP contribution in [-0.2, 0) is 20.8 Å². The Labute approximate surface area is 146 Å². The molecule has 1 saturated heterocycles. The van der Waals surface area contributed by atoms with Crippen molar-refractivity contribution in [1.29, 1.82) is 0 Å². The molecule has 1 aliphatic carbocycles. The van der Waals surface area contributed by atoms with E-state index in [9.17, 15) is 19.2 Å². The van der Waals surface area contributed by atoms with E-state index in [1.54, 1.807) is 6.07 Å². The van der Waals surface area contributed by atoms with Crippen molar-refractivity contribution in [3.8, 4) is 0 Å². The fraction of sp³-hybridized carbons (Fsp3) is 0.444. The minimum absolute atomic E-state index is 0.224. The topological polar surface area (TPSA) is 86.8 Å². The molecule has 1 aromatic carbocycles. The van der Waals surface area contributed by atoms with Crippen LogP contribution in [0.5, 0.6) is 0 Å². The highest BCUT2D eigenvalue weighted by atomic mass is 16.2. The van der Waals surface area contributed by atoms with Crippen molar-refractivity contribution >= 4 is 29.4 Å². The van der Waals surface area contributed by atoms with Crippen molar-refractivity contribution < 1.29 is 19.2 Å². The monoisotopic (exact) mass is 343 g/mol. The fourth-order valence-corrected chi connectivity index (χ4v) is 3.36. The smallest absolute Gasteiger partial charge is 0.325 e. The minimum Gasteiger partial charge on any atom is -0.325 e. The molecule has 1 saturated carbocycles. The quantitative estimate of drug-likeness (QED) is 0.654. The first kappa shape index (κ1) is 17.1. The van der Waals surface area contributed by atoms with Gasteiger partial charge < -0.3 is 5.32 Å². The van der Waals surface area contributed by atoms with Gasteiger partial charge in [-0.15, -0.1) is 0 Å². The van der Waals surface area contributed by atoms with Gasteiger partial charge in [-0.2, -0.15) is 0 Å². The Bertz CT molecular complexity index is 725. The largest absolute Gasteiger partial charge is 0.334 e. The number of amides is 5. The second kappa shape index (κ2) is 7.04. The predicted molar refractivity (Wildman–Crippen MR) is 90.7 cm³/mol. The second-order valence-corrected chi connectivity index (χ2v) is 6.39. The van der Waals surface area contributed by atoms with Crippen LogP contribution in [0.1, 0.15) is 38.2 Å². The Kier molecular flexibility index (Phi) is 4.83. The molecule has 2 aliphatic rings. The van der Waals surface area contributed by atoms with Gasteiger partial charge in [0.15, 0.2) is 0 Å². The van der Waals surface area contributed by atoms with Crippen LogP contribution in [0.2, 0.25) is 0 Å². The summed E-state index contributed by atoms with van der Waals surface area (Å²) in [5.74, 6) is -2.25. The van der Waals surface area contributed by atoms with Crippen LogP contribution in [0.25, 0.3) is 0 Å². The molecular formula is C18H21N3O4. The van der Waals surface area contributed by atoms with Gasteiger partial charge in [0, 0.05) is 11.7 Å². The highest BCUT2D eigenvalue weighted by Crippen LogP contribution is 2.27. The summed E-state index contributed by atoms with van der Waals surface area (Å²) < 4.78 is 0. The third-order valence-corrected chi connectivity index (χ3v) is 4.69. The molecule has 0 aromatic heterocycles. The van der Waals surface area contributed by atoms with E-state index in [1.165, 1.54) is 0 Å². The summed E-state index contributed by atoms with van der Waals surface area (Å²) in [5.41, 5.74) is 1.66. The van der Waals surface area contributed by atoms with E-state index in [0.717, 1.165) is 34.6 Å². The molecule has 7 heteroatoms. The lowest BCUT2D eigenvalue weighted by atomic mass is 10.1. The number of anilines is 1. The summed E-state index contributed by atoms with van der Waals surface area (Å²) in [5, 5.41) is 2.67. The summed E-state index contributed by atoms with van der Waals surface area (Å²) in [6.07, 6.45) is 4.13. The number of hydrogen-bond acceptors (Lipinski definition) is 4. The van der Waals surface area contributed by atoms with E-state index < -0.39 is 30.3 Å². The molecular weight excluding hydrogens is 322 g/mol. The van der Waals surface area contributed by atoms with Gasteiger partial charge in [-0.05, 0) is 37.0 Å². The summed E-state index contributed by atoms with van der Waals surface area (Å²) in [4.78, 5) is 50.6. The zero-order valence-corrected chi connectivity index (χ0v) is 14.2. The number of nitrogens with zero attached hydrogens (tertiary/aromatic N) is 2. The van der Waals surface area contributed by atoms with E-state index in [0.29, 0.717) is 18.5 Å². The van der Waals surface area contributed by atoms with Crippen LogP contribution in [0.3, 0.4) is 0 Å². The molecule has 1 aliphatic heterocycles. The van der Waals surface area contributed by atoms with Crippen molar-refractivity contribution in [1.82, 2.24) is 9.80 Å². The lowest BCUT2D eigenvalue weighted by Crippen LogP contribution is -2.41. The molecule has 0 atom stereocenters.